The maximum Gasteiger partial charge on any atom is 0.338 e. The van der Waals surface area contributed by atoms with Gasteiger partial charge in [0, 0.05) is 48.4 Å². The summed E-state index contributed by atoms with van der Waals surface area (Å²) in [6, 6.07) is 15.3. The molecule has 0 radical (unpaired) electrons. The number of carbonyl (C=O) groups excluding carboxylic acids is 1. The van der Waals surface area contributed by atoms with Crippen molar-refractivity contribution in [2.24, 2.45) is 0 Å². The Morgan fingerprint density at radius 3 is 2.75 bits per heavy atom. The van der Waals surface area contributed by atoms with Gasteiger partial charge in [-0.15, -0.1) is 11.8 Å². The Balaban J connectivity index is 1.25. The quantitative estimate of drug-likeness (QED) is 0.257. The van der Waals surface area contributed by atoms with Crippen LogP contribution in [0.4, 0.5) is 0 Å². The molecule has 0 aliphatic heterocycles. The van der Waals surface area contributed by atoms with Gasteiger partial charge < -0.3 is 9.14 Å². The fourth-order valence-electron chi connectivity index (χ4n) is 2.81. The number of esters is 1. The number of imidazole rings is 1. The minimum Gasteiger partial charge on any atom is -0.462 e. The average molecular weight is 392 g/mol. The largest absolute Gasteiger partial charge is 0.462 e. The van der Waals surface area contributed by atoms with E-state index in [0.717, 1.165) is 35.0 Å². The predicted octanol–water partition coefficient (Wildman–Crippen LogP) is 4.07. The molecule has 0 spiro atoms. The zero-order valence-corrected chi connectivity index (χ0v) is 16.1. The van der Waals surface area contributed by atoms with E-state index in [4.69, 9.17) is 4.74 Å². The van der Waals surface area contributed by atoms with Gasteiger partial charge >= 0.3 is 5.97 Å². The molecule has 6 nitrogen and oxygen atoms in total. The van der Waals surface area contributed by atoms with Crippen molar-refractivity contribution in [3.63, 3.8) is 0 Å². The van der Waals surface area contributed by atoms with Gasteiger partial charge in [0.15, 0.2) is 0 Å². The molecule has 3 heterocycles. The van der Waals surface area contributed by atoms with Gasteiger partial charge in [0.1, 0.15) is 5.65 Å². The summed E-state index contributed by atoms with van der Waals surface area (Å²) in [5.41, 5.74) is 2.54. The maximum atomic E-state index is 12.1. The summed E-state index contributed by atoms with van der Waals surface area (Å²) >= 11 is 1.69. The molecule has 1 aromatic carbocycles. The smallest absolute Gasteiger partial charge is 0.338 e. The van der Waals surface area contributed by atoms with Crippen LogP contribution >= 0.6 is 11.8 Å². The number of ether oxygens (including phenoxy) is 1. The van der Waals surface area contributed by atoms with Crippen LogP contribution < -0.4 is 0 Å². The van der Waals surface area contributed by atoms with Crippen LogP contribution in [0.5, 0.6) is 0 Å². The van der Waals surface area contributed by atoms with Gasteiger partial charge in [-0.3, -0.25) is 4.68 Å². The topological polar surface area (TPSA) is 61.4 Å². The number of benzene rings is 1. The summed E-state index contributed by atoms with van der Waals surface area (Å²) in [4.78, 5) is 17.8. The SMILES string of the molecule is O=C(OCCCn1cccn1)c1ccc(SCc2cn3ccccc3n2)cc1. The van der Waals surface area contributed by atoms with Crippen molar-refractivity contribution < 1.29 is 9.53 Å². The van der Waals surface area contributed by atoms with E-state index >= 15 is 0 Å². The van der Waals surface area contributed by atoms with Crippen LogP contribution in [0.25, 0.3) is 5.65 Å². The standard InChI is InChI=1S/C21H20N4O2S/c26-21(27-14-4-13-25-12-3-10-22-25)17-6-8-19(9-7-17)28-16-18-15-24-11-2-1-5-20(24)23-18/h1-3,5-12,15H,4,13-14,16H2. The molecule has 0 aliphatic carbocycles. The van der Waals surface area contributed by atoms with E-state index in [1.54, 1.807) is 18.0 Å². The lowest BCUT2D eigenvalue weighted by Crippen LogP contribution is -2.09. The highest BCUT2D eigenvalue weighted by molar-refractivity contribution is 7.98. The Labute approximate surface area is 167 Å². The third-order valence-corrected chi connectivity index (χ3v) is 5.26. The summed E-state index contributed by atoms with van der Waals surface area (Å²) in [5.74, 6) is 0.483. The van der Waals surface area contributed by atoms with Crippen LogP contribution in [0.3, 0.4) is 0 Å². The molecule has 142 valence electrons. The highest BCUT2D eigenvalue weighted by Crippen LogP contribution is 2.23. The van der Waals surface area contributed by atoms with Crippen LogP contribution in [0.1, 0.15) is 22.5 Å². The number of nitrogens with zero attached hydrogens (tertiary/aromatic N) is 4. The summed E-state index contributed by atoms with van der Waals surface area (Å²) in [6.07, 6.45) is 8.40. The number of aryl methyl sites for hydroxylation is 1. The number of pyridine rings is 1. The first kappa shape index (κ1) is 18.3. The predicted molar refractivity (Wildman–Crippen MR) is 108 cm³/mol. The Morgan fingerprint density at radius 2 is 1.96 bits per heavy atom. The lowest BCUT2D eigenvalue weighted by molar-refractivity contribution is 0.0495. The molecular formula is C21H20N4O2S. The van der Waals surface area contributed by atoms with Crippen molar-refractivity contribution in [1.82, 2.24) is 19.2 Å². The van der Waals surface area contributed by atoms with Gasteiger partial charge in [-0.2, -0.15) is 5.10 Å². The molecule has 4 aromatic rings. The van der Waals surface area contributed by atoms with Crippen LogP contribution in [-0.4, -0.2) is 31.7 Å². The van der Waals surface area contributed by atoms with Gasteiger partial charge in [0.25, 0.3) is 0 Å². The number of aromatic nitrogens is 4. The highest BCUT2D eigenvalue weighted by atomic mass is 32.2. The highest BCUT2D eigenvalue weighted by Gasteiger charge is 2.08. The number of carbonyl (C=O) groups is 1. The number of rotatable bonds is 8. The van der Waals surface area contributed by atoms with E-state index in [2.05, 4.69) is 10.1 Å². The molecule has 3 aromatic heterocycles. The lowest BCUT2D eigenvalue weighted by atomic mass is 10.2. The summed E-state index contributed by atoms with van der Waals surface area (Å²) < 4.78 is 9.17. The Morgan fingerprint density at radius 1 is 1.07 bits per heavy atom. The molecule has 0 amide bonds. The van der Waals surface area contributed by atoms with Crippen molar-refractivity contribution in [3.05, 3.63) is 84.6 Å². The summed E-state index contributed by atoms with van der Waals surface area (Å²) in [6.45, 7) is 1.11. The molecule has 0 N–H and O–H groups in total. The van der Waals surface area contributed by atoms with Crippen LogP contribution in [-0.2, 0) is 17.0 Å². The Hall–Kier alpha value is -3.06. The monoisotopic (exact) mass is 392 g/mol. The van der Waals surface area contributed by atoms with Gasteiger partial charge in [-0.25, -0.2) is 9.78 Å². The average Bonchev–Trinajstić information content (AvgIpc) is 3.39. The fourth-order valence-corrected chi connectivity index (χ4v) is 3.59. The molecule has 0 aliphatic rings. The van der Waals surface area contributed by atoms with Crippen molar-refractivity contribution in [3.8, 4) is 0 Å². The maximum absolute atomic E-state index is 12.1. The molecule has 0 fully saturated rings. The van der Waals surface area contributed by atoms with Gasteiger partial charge in [-0.05, 0) is 42.5 Å². The lowest BCUT2D eigenvalue weighted by Gasteiger charge is -2.06. The van der Waals surface area contributed by atoms with E-state index < -0.39 is 0 Å². The zero-order chi connectivity index (χ0) is 19.2. The van der Waals surface area contributed by atoms with E-state index in [1.807, 2.05) is 76.2 Å². The minimum atomic E-state index is -0.294. The first-order valence-corrected chi connectivity index (χ1v) is 10.1. The van der Waals surface area contributed by atoms with Gasteiger partial charge in [-0.1, -0.05) is 6.07 Å². The normalized spacial score (nSPS) is 11.0. The molecule has 28 heavy (non-hydrogen) atoms. The van der Waals surface area contributed by atoms with Crippen molar-refractivity contribution in [1.29, 1.82) is 0 Å². The van der Waals surface area contributed by atoms with E-state index in [9.17, 15) is 4.79 Å². The second-order valence-electron chi connectivity index (χ2n) is 6.27. The first-order valence-electron chi connectivity index (χ1n) is 9.08. The molecule has 0 saturated heterocycles. The molecule has 7 heteroatoms. The van der Waals surface area contributed by atoms with E-state index in [1.165, 1.54) is 0 Å². The first-order chi connectivity index (χ1) is 13.8. The summed E-state index contributed by atoms with van der Waals surface area (Å²) in [5, 5.41) is 4.12. The second kappa shape index (κ2) is 8.75. The minimum absolute atomic E-state index is 0.294. The van der Waals surface area contributed by atoms with E-state index in [-0.39, 0.29) is 5.97 Å². The molecule has 4 rings (SSSR count). The van der Waals surface area contributed by atoms with E-state index in [0.29, 0.717) is 12.2 Å². The Kier molecular flexibility index (Phi) is 5.72. The van der Waals surface area contributed by atoms with Gasteiger partial charge in [0.2, 0.25) is 0 Å². The van der Waals surface area contributed by atoms with Crippen LogP contribution in [0, 0.1) is 0 Å². The van der Waals surface area contributed by atoms with Crippen LogP contribution in [0.2, 0.25) is 0 Å². The molecule has 0 saturated carbocycles. The third kappa shape index (κ3) is 4.61. The molecular weight excluding hydrogens is 372 g/mol. The second-order valence-corrected chi connectivity index (χ2v) is 7.32. The van der Waals surface area contributed by atoms with Crippen LogP contribution in [0.15, 0.2) is 78.2 Å². The third-order valence-electron chi connectivity index (χ3n) is 4.21. The Bertz CT molecular complexity index is 1010. The van der Waals surface area contributed by atoms with Gasteiger partial charge in [0.05, 0.1) is 17.9 Å². The summed E-state index contributed by atoms with van der Waals surface area (Å²) in [7, 11) is 0. The fraction of sp³-hybridized carbons (Fsp3) is 0.190. The molecule has 0 unspecified atom stereocenters. The molecule has 0 bridgehead atoms. The number of fused-ring (bicyclic) bond motifs is 1. The molecule has 0 atom stereocenters. The zero-order valence-electron chi connectivity index (χ0n) is 15.3. The number of hydrogen-bond donors (Lipinski definition) is 0. The van der Waals surface area contributed by atoms with Crippen molar-refractivity contribution in [2.45, 2.75) is 23.6 Å². The number of hydrogen-bond acceptors (Lipinski definition) is 5. The van der Waals surface area contributed by atoms with Crippen molar-refractivity contribution in [2.75, 3.05) is 6.61 Å². The van der Waals surface area contributed by atoms with Crippen molar-refractivity contribution >= 4 is 23.4 Å². The number of thioether (sulfide) groups is 1.